The van der Waals surface area contributed by atoms with Crippen molar-refractivity contribution < 1.29 is 9.90 Å². The number of thiazole rings is 1. The Morgan fingerprint density at radius 2 is 2.41 bits per heavy atom. The van der Waals surface area contributed by atoms with Crippen LogP contribution in [0.15, 0.2) is 29.9 Å². The van der Waals surface area contributed by atoms with Gasteiger partial charge in [0.25, 0.3) is 0 Å². The minimum Gasteiger partial charge on any atom is -0.480 e. The molecule has 0 aliphatic heterocycles. The van der Waals surface area contributed by atoms with Gasteiger partial charge in [0.15, 0.2) is 0 Å². The van der Waals surface area contributed by atoms with Gasteiger partial charge in [-0.2, -0.15) is 0 Å². The molecule has 0 spiro atoms. The highest BCUT2D eigenvalue weighted by Gasteiger charge is 2.14. The summed E-state index contributed by atoms with van der Waals surface area (Å²) in [5.74, 6) is -1.01. The van der Waals surface area contributed by atoms with E-state index in [2.05, 4.69) is 9.97 Å². The summed E-state index contributed by atoms with van der Waals surface area (Å²) in [6.45, 7) is 0. The highest BCUT2D eigenvalue weighted by molar-refractivity contribution is 7.13. The van der Waals surface area contributed by atoms with Gasteiger partial charge in [0, 0.05) is 29.8 Å². The number of carboxylic acids is 1. The molecule has 0 saturated carbocycles. The predicted octanol–water partition coefficient (Wildman–Crippen LogP) is 1.16. The Kier molecular flexibility index (Phi) is 3.46. The second-order valence-corrected chi connectivity index (χ2v) is 4.39. The molecular formula is C11H11N3O2S. The van der Waals surface area contributed by atoms with Crippen molar-refractivity contribution in [2.75, 3.05) is 0 Å². The van der Waals surface area contributed by atoms with E-state index in [0.29, 0.717) is 5.69 Å². The summed E-state index contributed by atoms with van der Waals surface area (Å²) in [6, 6.07) is 2.84. The number of rotatable bonds is 4. The second kappa shape index (κ2) is 5.03. The Morgan fingerprint density at radius 3 is 3.06 bits per heavy atom. The third-order valence-corrected chi connectivity index (χ3v) is 3.15. The fraction of sp³-hybridized carbons (Fsp3) is 0.182. The highest BCUT2D eigenvalue weighted by atomic mass is 32.1. The average molecular weight is 249 g/mol. The van der Waals surface area contributed by atoms with Crippen molar-refractivity contribution in [1.82, 2.24) is 9.97 Å². The minimum atomic E-state index is -1.01. The SMILES string of the molecule is NC(Cc1csc(-c2cccnc2)n1)C(=O)O. The topological polar surface area (TPSA) is 89.1 Å². The van der Waals surface area contributed by atoms with Crippen molar-refractivity contribution in [3.8, 4) is 10.6 Å². The van der Waals surface area contributed by atoms with Gasteiger partial charge in [-0.15, -0.1) is 11.3 Å². The lowest BCUT2D eigenvalue weighted by Gasteiger charge is -2.02. The standard InChI is InChI=1S/C11H11N3O2S/c12-9(11(15)16)4-8-6-17-10(14-8)7-2-1-3-13-5-7/h1-3,5-6,9H,4,12H2,(H,15,16). The number of hydrogen-bond donors (Lipinski definition) is 2. The zero-order chi connectivity index (χ0) is 12.3. The Bertz CT molecular complexity index is 512. The molecule has 17 heavy (non-hydrogen) atoms. The lowest BCUT2D eigenvalue weighted by molar-refractivity contribution is -0.138. The summed E-state index contributed by atoms with van der Waals surface area (Å²) in [4.78, 5) is 19.0. The molecule has 0 aromatic carbocycles. The van der Waals surface area contributed by atoms with Crippen molar-refractivity contribution in [2.45, 2.75) is 12.5 Å². The summed E-state index contributed by atoms with van der Waals surface area (Å²) in [7, 11) is 0. The molecule has 0 saturated heterocycles. The van der Waals surface area contributed by atoms with Gasteiger partial charge < -0.3 is 10.8 Å². The molecule has 0 bridgehead atoms. The number of pyridine rings is 1. The first-order valence-corrected chi connectivity index (χ1v) is 5.88. The number of aromatic nitrogens is 2. The molecule has 1 unspecified atom stereocenters. The Hall–Kier alpha value is -1.79. The molecule has 6 heteroatoms. The van der Waals surface area contributed by atoms with Crippen molar-refractivity contribution in [3.63, 3.8) is 0 Å². The van der Waals surface area contributed by atoms with Crippen LogP contribution in [-0.2, 0) is 11.2 Å². The monoisotopic (exact) mass is 249 g/mol. The Balaban J connectivity index is 2.14. The molecule has 2 heterocycles. The van der Waals surface area contributed by atoms with Crippen LogP contribution in [0.2, 0.25) is 0 Å². The molecule has 0 fully saturated rings. The molecule has 3 N–H and O–H groups in total. The maximum atomic E-state index is 10.6. The molecule has 0 aliphatic carbocycles. The van der Waals surface area contributed by atoms with Crippen LogP contribution in [-0.4, -0.2) is 27.1 Å². The highest BCUT2D eigenvalue weighted by Crippen LogP contribution is 2.22. The van der Waals surface area contributed by atoms with Crippen LogP contribution >= 0.6 is 11.3 Å². The van der Waals surface area contributed by atoms with E-state index < -0.39 is 12.0 Å². The molecule has 2 aromatic heterocycles. The third-order valence-electron chi connectivity index (χ3n) is 2.21. The summed E-state index contributed by atoms with van der Waals surface area (Å²) in [5, 5.41) is 11.4. The number of carbonyl (C=O) groups is 1. The van der Waals surface area contributed by atoms with Gasteiger partial charge in [-0.05, 0) is 12.1 Å². The van der Waals surface area contributed by atoms with Crippen LogP contribution in [0.4, 0.5) is 0 Å². The Morgan fingerprint density at radius 1 is 1.59 bits per heavy atom. The molecule has 2 rings (SSSR count). The number of nitrogens with two attached hydrogens (primary N) is 1. The number of hydrogen-bond acceptors (Lipinski definition) is 5. The number of nitrogens with zero attached hydrogens (tertiary/aromatic N) is 2. The Labute approximate surface area is 102 Å². The van der Waals surface area contributed by atoms with Crippen LogP contribution in [0, 0.1) is 0 Å². The van der Waals surface area contributed by atoms with E-state index in [1.807, 2.05) is 17.5 Å². The maximum absolute atomic E-state index is 10.6. The molecular weight excluding hydrogens is 238 g/mol. The fourth-order valence-corrected chi connectivity index (χ4v) is 2.16. The summed E-state index contributed by atoms with van der Waals surface area (Å²) in [6.07, 6.45) is 3.66. The molecule has 88 valence electrons. The molecule has 5 nitrogen and oxygen atoms in total. The van der Waals surface area contributed by atoms with Gasteiger partial charge in [-0.25, -0.2) is 4.98 Å². The summed E-state index contributed by atoms with van der Waals surface area (Å²) in [5.41, 5.74) is 7.07. The minimum absolute atomic E-state index is 0.242. The molecule has 0 amide bonds. The lowest BCUT2D eigenvalue weighted by atomic mass is 10.2. The second-order valence-electron chi connectivity index (χ2n) is 3.53. The molecule has 0 radical (unpaired) electrons. The van der Waals surface area contributed by atoms with Crippen LogP contribution in [0.3, 0.4) is 0 Å². The van der Waals surface area contributed by atoms with Crippen molar-refractivity contribution >= 4 is 17.3 Å². The van der Waals surface area contributed by atoms with Crippen LogP contribution in [0.25, 0.3) is 10.6 Å². The molecule has 1 atom stereocenters. The van der Waals surface area contributed by atoms with E-state index in [9.17, 15) is 4.79 Å². The van der Waals surface area contributed by atoms with Crippen LogP contribution in [0.1, 0.15) is 5.69 Å². The number of aliphatic carboxylic acids is 1. The first kappa shape index (κ1) is 11.7. The van der Waals surface area contributed by atoms with Gasteiger partial charge in [0.2, 0.25) is 0 Å². The largest absolute Gasteiger partial charge is 0.480 e. The predicted molar refractivity (Wildman–Crippen MR) is 64.7 cm³/mol. The van der Waals surface area contributed by atoms with E-state index in [1.165, 1.54) is 11.3 Å². The van der Waals surface area contributed by atoms with E-state index >= 15 is 0 Å². The van der Waals surface area contributed by atoms with E-state index in [0.717, 1.165) is 10.6 Å². The summed E-state index contributed by atoms with van der Waals surface area (Å²) < 4.78 is 0. The van der Waals surface area contributed by atoms with Gasteiger partial charge in [0.1, 0.15) is 11.0 Å². The van der Waals surface area contributed by atoms with Crippen LogP contribution in [0.5, 0.6) is 0 Å². The van der Waals surface area contributed by atoms with Gasteiger partial charge in [-0.1, -0.05) is 0 Å². The maximum Gasteiger partial charge on any atom is 0.320 e. The smallest absolute Gasteiger partial charge is 0.320 e. The van der Waals surface area contributed by atoms with Gasteiger partial charge in [-0.3, -0.25) is 9.78 Å². The van der Waals surface area contributed by atoms with Crippen molar-refractivity contribution in [2.24, 2.45) is 5.73 Å². The van der Waals surface area contributed by atoms with Crippen molar-refractivity contribution in [1.29, 1.82) is 0 Å². The molecule has 2 aromatic rings. The third kappa shape index (κ3) is 2.86. The quantitative estimate of drug-likeness (QED) is 0.848. The van der Waals surface area contributed by atoms with Crippen molar-refractivity contribution in [3.05, 3.63) is 35.6 Å². The van der Waals surface area contributed by atoms with E-state index in [-0.39, 0.29) is 6.42 Å². The lowest BCUT2D eigenvalue weighted by Crippen LogP contribution is -2.32. The first-order chi connectivity index (χ1) is 8.16. The van der Waals surface area contributed by atoms with E-state index in [1.54, 1.807) is 12.4 Å². The average Bonchev–Trinajstić information content (AvgIpc) is 2.78. The van der Waals surface area contributed by atoms with Gasteiger partial charge in [0.05, 0.1) is 5.69 Å². The number of carboxylic acid groups (broad SMARTS) is 1. The zero-order valence-corrected chi connectivity index (χ0v) is 9.72. The van der Waals surface area contributed by atoms with Gasteiger partial charge >= 0.3 is 5.97 Å². The van der Waals surface area contributed by atoms with E-state index in [4.69, 9.17) is 10.8 Å². The zero-order valence-electron chi connectivity index (χ0n) is 8.91. The fourth-order valence-electron chi connectivity index (χ4n) is 1.34. The molecule has 0 aliphatic rings. The van der Waals surface area contributed by atoms with Crippen LogP contribution < -0.4 is 5.73 Å². The normalized spacial score (nSPS) is 12.3. The summed E-state index contributed by atoms with van der Waals surface area (Å²) >= 11 is 1.46. The first-order valence-electron chi connectivity index (χ1n) is 5.00.